The first-order valence-corrected chi connectivity index (χ1v) is 6.88. The predicted octanol–water partition coefficient (Wildman–Crippen LogP) is 4.25. The van der Waals surface area contributed by atoms with E-state index < -0.39 is 6.41 Å². The highest BCUT2D eigenvalue weighted by Crippen LogP contribution is 2.41. The lowest BCUT2D eigenvalue weighted by atomic mass is 10.2. The number of fused-ring (bicyclic) bond motifs is 1. The highest BCUT2D eigenvalue weighted by molar-refractivity contribution is 5.69. The van der Waals surface area contributed by atoms with Crippen molar-refractivity contribution in [2.45, 2.75) is 13.3 Å². The van der Waals surface area contributed by atoms with E-state index in [0.717, 1.165) is 22.7 Å². The number of benzene rings is 2. The van der Waals surface area contributed by atoms with Crippen molar-refractivity contribution in [2.75, 3.05) is 11.9 Å². The molecule has 0 saturated carbocycles. The van der Waals surface area contributed by atoms with Crippen LogP contribution in [0.3, 0.4) is 0 Å². The summed E-state index contributed by atoms with van der Waals surface area (Å²) in [4.78, 5) is 0. The summed E-state index contributed by atoms with van der Waals surface area (Å²) >= 11 is 0. The maximum Gasteiger partial charge on any atom is 0.281 e. The first-order chi connectivity index (χ1) is 10.3. The lowest BCUT2D eigenvalue weighted by Crippen LogP contribution is -2.23. The fourth-order valence-electron chi connectivity index (χ4n) is 2.13. The van der Waals surface area contributed by atoms with Crippen LogP contribution in [0.4, 0.5) is 5.69 Å². The largest absolute Gasteiger partial charge is 0.455 e. The first-order valence-electron chi connectivity index (χ1n) is 6.88. The second kappa shape index (κ2) is 5.89. The molecule has 0 aliphatic carbocycles. The Morgan fingerprint density at radius 1 is 1.24 bits per heavy atom. The molecule has 1 N–H and O–H groups in total. The van der Waals surface area contributed by atoms with Gasteiger partial charge in [0.05, 0.1) is 0 Å². The highest BCUT2D eigenvalue weighted by atomic mass is 16.7. The van der Waals surface area contributed by atoms with Crippen LogP contribution in [-0.2, 0) is 4.74 Å². The Morgan fingerprint density at radius 2 is 2.05 bits per heavy atom. The zero-order chi connectivity index (χ0) is 14.7. The minimum Gasteiger partial charge on any atom is -0.455 e. The highest BCUT2D eigenvalue weighted by Gasteiger charge is 2.25. The van der Waals surface area contributed by atoms with Crippen LogP contribution in [0.2, 0.25) is 0 Å². The molecule has 1 unspecified atom stereocenters. The summed E-state index contributed by atoms with van der Waals surface area (Å²) in [6.07, 6.45) is 1.34. The normalized spacial score (nSPS) is 15.8. The number of anilines is 1. The van der Waals surface area contributed by atoms with Gasteiger partial charge in [0.15, 0.2) is 11.5 Å². The van der Waals surface area contributed by atoms with Gasteiger partial charge >= 0.3 is 0 Å². The molecule has 1 heterocycles. The molecule has 3 rings (SSSR count). The SMILES string of the molecule is C=Cc1ccc(Oc2cccc3c2NC(OCC)O3)cc1. The van der Waals surface area contributed by atoms with Crippen LogP contribution in [0, 0.1) is 0 Å². The standard InChI is InChI=1S/C17H17NO3/c1-3-12-8-10-13(11-9-12)20-14-6-5-7-15-16(14)18-17(21-15)19-4-2/h3,5-11,17-18H,1,4H2,2H3. The molecular weight excluding hydrogens is 266 g/mol. The molecule has 0 bridgehead atoms. The van der Waals surface area contributed by atoms with Crippen molar-refractivity contribution >= 4 is 11.8 Å². The Labute approximate surface area is 124 Å². The van der Waals surface area contributed by atoms with Crippen LogP contribution in [0.25, 0.3) is 6.08 Å². The minimum absolute atomic E-state index is 0.460. The van der Waals surface area contributed by atoms with Gasteiger partial charge in [-0.1, -0.05) is 30.9 Å². The van der Waals surface area contributed by atoms with Gasteiger partial charge in [0.1, 0.15) is 11.4 Å². The molecule has 4 heteroatoms. The second-order valence-electron chi connectivity index (χ2n) is 4.55. The van der Waals surface area contributed by atoms with Gasteiger partial charge < -0.3 is 19.5 Å². The number of hydrogen-bond donors (Lipinski definition) is 1. The molecule has 4 nitrogen and oxygen atoms in total. The smallest absolute Gasteiger partial charge is 0.281 e. The van der Waals surface area contributed by atoms with Crippen molar-refractivity contribution in [3.8, 4) is 17.2 Å². The van der Waals surface area contributed by atoms with E-state index in [1.165, 1.54) is 0 Å². The second-order valence-corrected chi connectivity index (χ2v) is 4.55. The Balaban J connectivity index is 1.81. The van der Waals surface area contributed by atoms with E-state index >= 15 is 0 Å². The molecule has 2 aromatic carbocycles. The summed E-state index contributed by atoms with van der Waals surface area (Å²) in [7, 11) is 0. The summed E-state index contributed by atoms with van der Waals surface area (Å²) in [6.45, 7) is 6.23. The summed E-state index contributed by atoms with van der Waals surface area (Å²) in [5.74, 6) is 2.20. The zero-order valence-electron chi connectivity index (χ0n) is 11.8. The molecule has 0 saturated heterocycles. The van der Waals surface area contributed by atoms with Crippen LogP contribution in [0.1, 0.15) is 12.5 Å². The van der Waals surface area contributed by atoms with Gasteiger partial charge in [-0.15, -0.1) is 0 Å². The molecule has 0 aromatic heterocycles. The number of ether oxygens (including phenoxy) is 3. The maximum atomic E-state index is 5.91. The van der Waals surface area contributed by atoms with Crippen LogP contribution >= 0.6 is 0 Å². The van der Waals surface area contributed by atoms with Crippen molar-refractivity contribution in [3.05, 3.63) is 54.6 Å². The fourth-order valence-corrected chi connectivity index (χ4v) is 2.13. The molecule has 0 radical (unpaired) electrons. The number of para-hydroxylation sites is 1. The molecule has 0 fully saturated rings. The van der Waals surface area contributed by atoms with E-state index in [0.29, 0.717) is 12.4 Å². The summed E-state index contributed by atoms with van der Waals surface area (Å²) in [6, 6.07) is 13.4. The Hall–Kier alpha value is -2.46. The van der Waals surface area contributed by atoms with Gasteiger partial charge in [-0.25, -0.2) is 0 Å². The van der Waals surface area contributed by atoms with E-state index in [1.807, 2.05) is 49.4 Å². The molecule has 1 aliphatic rings. The zero-order valence-corrected chi connectivity index (χ0v) is 11.8. The maximum absolute atomic E-state index is 5.91. The predicted molar refractivity (Wildman–Crippen MR) is 82.7 cm³/mol. The topological polar surface area (TPSA) is 39.7 Å². The average Bonchev–Trinajstić information content (AvgIpc) is 2.92. The molecule has 21 heavy (non-hydrogen) atoms. The van der Waals surface area contributed by atoms with E-state index in [1.54, 1.807) is 6.08 Å². The minimum atomic E-state index is -0.460. The fraction of sp³-hybridized carbons (Fsp3) is 0.176. The van der Waals surface area contributed by atoms with E-state index in [2.05, 4.69) is 11.9 Å². The molecule has 108 valence electrons. The Kier molecular flexibility index (Phi) is 3.79. The monoisotopic (exact) mass is 283 g/mol. The van der Waals surface area contributed by atoms with Gasteiger partial charge in [-0.2, -0.15) is 0 Å². The average molecular weight is 283 g/mol. The first kappa shape index (κ1) is 13.5. The quantitative estimate of drug-likeness (QED) is 0.890. The van der Waals surface area contributed by atoms with Crippen LogP contribution in [0.5, 0.6) is 17.2 Å². The van der Waals surface area contributed by atoms with Gasteiger partial charge in [0.2, 0.25) is 0 Å². The van der Waals surface area contributed by atoms with Crippen molar-refractivity contribution < 1.29 is 14.2 Å². The van der Waals surface area contributed by atoms with Crippen molar-refractivity contribution in [2.24, 2.45) is 0 Å². The third-order valence-corrected chi connectivity index (χ3v) is 3.15. The Bertz CT molecular complexity index is 637. The lowest BCUT2D eigenvalue weighted by molar-refractivity contribution is -0.0442. The number of nitrogens with one attached hydrogen (secondary N) is 1. The molecular formula is C17H17NO3. The summed E-state index contributed by atoms with van der Waals surface area (Å²) in [5, 5.41) is 3.16. The van der Waals surface area contributed by atoms with E-state index in [-0.39, 0.29) is 0 Å². The number of rotatable bonds is 5. The lowest BCUT2D eigenvalue weighted by Gasteiger charge is -2.11. The van der Waals surface area contributed by atoms with Gasteiger partial charge in [0.25, 0.3) is 6.41 Å². The molecule has 0 amide bonds. The summed E-state index contributed by atoms with van der Waals surface area (Å²) < 4.78 is 17.0. The van der Waals surface area contributed by atoms with E-state index in [4.69, 9.17) is 14.2 Å². The van der Waals surface area contributed by atoms with Crippen LogP contribution < -0.4 is 14.8 Å². The third kappa shape index (κ3) is 2.85. The molecule has 1 atom stereocenters. The molecule has 0 spiro atoms. The van der Waals surface area contributed by atoms with Gasteiger partial charge in [0, 0.05) is 6.61 Å². The van der Waals surface area contributed by atoms with Gasteiger partial charge in [-0.05, 0) is 36.8 Å². The Morgan fingerprint density at radius 3 is 2.76 bits per heavy atom. The van der Waals surface area contributed by atoms with Crippen LogP contribution in [-0.4, -0.2) is 13.0 Å². The third-order valence-electron chi connectivity index (χ3n) is 3.15. The van der Waals surface area contributed by atoms with Crippen LogP contribution in [0.15, 0.2) is 49.0 Å². The summed E-state index contributed by atoms with van der Waals surface area (Å²) in [5.41, 5.74) is 1.86. The van der Waals surface area contributed by atoms with Crippen molar-refractivity contribution in [1.82, 2.24) is 0 Å². The van der Waals surface area contributed by atoms with E-state index in [9.17, 15) is 0 Å². The molecule has 1 aliphatic heterocycles. The van der Waals surface area contributed by atoms with Crippen molar-refractivity contribution in [3.63, 3.8) is 0 Å². The van der Waals surface area contributed by atoms with Gasteiger partial charge in [-0.3, -0.25) is 0 Å². The number of hydrogen-bond acceptors (Lipinski definition) is 4. The van der Waals surface area contributed by atoms with Crippen molar-refractivity contribution in [1.29, 1.82) is 0 Å². The molecule has 2 aromatic rings.